The van der Waals surface area contributed by atoms with Crippen molar-refractivity contribution in [2.75, 3.05) is 13.2 Å². The number of nitriles is 1. The molecule has 7 heteroatoms. The first-order chi connectivity index (χ1) is 12.2. The van der Waals surface area contributed by atoms with Crippen molar-refractivity contribution >= 4 is 18.0 Å². The highest BCUT2D eigenvalue weighted by Crippen LogP contribution is 2.21. The van der Waals surface area contributed by atoms with Gasteiger partial charge in [-0.1, -0.05) is 25.1 Å². The molecule has 0 aliphatic heterocycles. The zero-order valence-corrected chi connectivity index (χ0v) is 15.1. The van der Waals surface area contributed by atoms with Crippen LogP contribution in [0.25, 0.3) is 6.08 Å². The van der Waals surface area contributed by atoms with Gasteiger partial charge >= 0.3 is 11.9 Å². The molecule has 1 aromatic carbocycles. The van der Waals surface area contributed by atoms with Crippen LogP contribution in [0.2, 0.25) is 0 Å². The summed E-state index contributed by atoms with van der Waals surface area (Å²) in [6.07, 6.45) is 0.563. The minimum Gasteiger partial charge on any atom is -0.507 e. The Labute approximate surface area is 152 Å². The van der Waals surface area contributed by atoms with Crippen LogP contribution in [0.15, 0.2) is 29.8 Å². The zero-order valence-electron chi connectivity index (χ0n) is 15.1. The van der Waals surface area contributed by atoms with Gasteiger partial charge in [-0.25, -0.2) is 4.79 Å². The van der Waals surface area contributed by atoms with Gasteiger partial charge in [0, 0.05) is 5.56 Å². The Morgan fingerprint density at radius 2 is 1.88 bits per heavy atom. The SMILES string of the molecule is CCC(C)(C)C(=O)OCC(O)COC(=O)/C(C#N)=C/c1ccccc1O. The molecule has 0 heterocycles. The zero-order chi connectivity index (χ0) is 19.7. The molecule has 0 aliphatic carbocycles. The van der Waals surface area contributed by atoms with Crippen LogP contribution >= 0.6 is 0 Å². The van der Waals surface area contributed by atoms with Crippen LogP contribution in [0.3, 0.4) is 0 Å². The van der Waals surface area contributed by atoms with Gasteiger partial charge < -0.3 is 19.7 Å². The summed E-state index contributed by atoms with van der Waals surface area (Å²) < 4.78 is 9.86. The van der Waals surface area contributed by atoms with E-state index in [9.17, 15) is 19.8 Å². The Kier molecular flexibility index (Phi) is 7.81. The lowest BCUT2D eigenvalue weighted by molar-refractivity contribution is -0.159. The predicted molar refractivity (Wildman–Crippen MR) is 93.7 cm³/mol. The molecule has 0 bridgehead atoms. The molecule has 0 radical (unpaired) electrons. The molecule has 0 fully saturated rings. The highest BCUT2D eigenvalue weighted by Gasteiger charge is 2.27. The molecule has 0 aromatic heterocycles. The van der Waals surface area contributed by atoms with Crippen molar-refractivity contribution in [2.45, 2.75) is 33.3 Å². The molecule has 1 aromatic rings. The van der Waals surface area contributed by atoms with E-state index in [0.29, 0.717) is 6.42 Å². The van der Waals surface area contributed by atoms with Gasteiger partial charge in [0.05, 0.1) is 5.41 Å². The second-order valence-electron chi connectivity index (χ2n) is 6.32. The molecule has 0 amide bonds. The van der Waals surface area contributed by atoms with Crippen molar-refractivity contribution in [3.8, 4) is 11.8 Å². The Bertz CT molecular complexity index is 717. The quantitative estimate of drug-likeness (QED) is 0.414. The normalized spacial score (nSPS) is 12.8. The third-order valence-corrected chi connectivity index (χ3v) is 3.83. The topological polar surface area (TPSA) is 117 Å². The number of hydrogen-bond acceptors (Lipinski definition) is 7. The summed E-state index contributed by atoms with van der Waals surface area (Å²) >= 11 is 0. The van der Waals surface area contributed by atoms with Gasteiger partial charge in [0.25, 0.3) is 0 Å². The fraction of sp³-hybridized carbons (Fsp3) is 0.421. The molecule has 0 saturated heterocycles. The number of aromatic hydroxyl groups is 1. The standard InChI is InChI=1S/C19H23NO6/c1-4-19(2,3)18(24)26-12-15(21)11-25-17(23)14(10-20)9-13-7-5-6-8-16(13)22/h5-9,15,21-22H,4,11-12H2,1-3H3/b14-9+. The first kappa shape index (κ1) is 21.2. The maximum Gasteiger partial charge on any atom is 0.348 e. The second kappa shape index (κ2) is 9.59. The third-order valence-electron chi connectivity index (χ3n) is 3.83. The Hall–Kier alpha value is -2.85. The number of carbonyl (C=O) groups excluding carboxylic acids is 2. The summed E-state index contributed by atoms with van der Waals surface area (Å²) in [6, 6.07) is 7.88. The lowest BCUT2D eigenvalue weighted by atomic mass is 9.91. The van der Waals surface area contributed by atoms with Gasteiger partial charge in [-0.2, -0.15) is 5.26 Å². The van der Waals surface area contributed by atoms with E-state index in [2.05, 4.69) is 0 Å². The van der Waals surface area contributed by atoms with Crippen molar-refractivity contribution in [1.29, 1.82) is 5.26 Å². The van der Waals surface area contributed by atoms with Crippen LogP contribution in [0, 0.1) is 16.7 Å². The van der Waals surface area contributed by atoms with Crippen molar-refractivity contribution < 1.29 is 29.3 Å². The first-order valence-corrected chi connectivity index (χ1v) is 8.13. The number of rotatable bonds is 8. The largest absolute Gasteiger partial charge is 0.507 e. The van der Waals surface area contributed by atoms with Crippen molar-refractivity contribution in [3.05, 3.63) is 35.4 Å². The van der Waals surface area contributed by atoms with Gasteiger partial charge in [0.2, 0.25) is 0 Å². The maximum atomic E-state index is 11.9. The van der Waals surface area contributed by atoms with E-state index in [-0.39, 0.29) is 23.5 Å². The molecule has 1 unspecified atom stereocenters. The highest BCUT2D eigenvalue weighted by atomic mass is 16.6. The molecule has 1 atom stereocenters. The van der Waals surface area contributed by atoms with Crippen LogP contribution in [-0.2, 0) is 19.1 Å². The molecule has 26 heavy (non-hydrogen) atoms. The Morgan fingerprint density at radius 3 is 2.46 bits per heavy atom. The lowest BCUT2D eigenvalue weighted by Gasteiger charge is -2.21. The fourth-order valence-corrected chi connectivity index (χ4v) is 1.71. The lowest BCUT2D eigenvalue weighted by Crippen LogP contribution is -2.31. The van der Waals surface area contributed by atoms with E-state index in [1.807, 2.05) is 6.92 Å². The number of phenolic OH excluding ortho intramolecular Hbond substituents is 1. The monoisotopic (exact) mass is 361 g/mol. The number of benzene rings is 1. The Morgan fingerprint density at radius 1 is 1.27 bits per heavy atom. The van der Waals surface area contributed by atoms with E-state index in [1.54, 1.807) is 32.0 Å². The third kappa shape index (κ3) is 6.22. The summed E-state index contributed by atoms with van der Waals surface area (Å²) in [7, 11) is 0. The molecule has 0 saturated carbocycles. The van der Waals surface area contributed by atoms with E-state index in [1.165, 1.54) is 18.2 Å². The molecule has 1 rings (SSSR count). The van der Waals surface area contributed by atoms with Gasteiger partial charge in [-0.05, 0) is 32.4 Å². The summed E-state index contributed by atoms with van der Waals surface area (Å²) in [5.74, 6) is -1.49. The molecule has 7 nitrogen and oxygen atoms in total. The smallest absolute Gasteiger partial charge is 0.348 e. The van der Waals surface area contributed by atoms with Crippen LogP contribution in [0.1, 0.15) is 32.8 Å². The summed E-state index contributed by atoms with van der Waals surface area (Å²) in [5.41, 5.74) is -0.703. The van der Waals surface area contributed by atoms with Gasteiger partial charge in [-0.3, -0.25) is 4.79 Å². The second-order valence-corrected chi connectivity index (χ2v) is 6.32. The molecule has 0 spiro atoms. The number of nitrogens with zero attached hydrogens (tertiary/aromatic N) is 1. The van der Waals surface area contributed by atoms with Crippen molar-refractivity contribution in [3.63, 3.8) is 0 Å². The average Bonchev–Trinajstić information content (AvgIpc) is 2.63. The molecular formula is C19H23NO6. The van der Waals surface area contributed by atoms with Crippen LogP contribution in [-0.4, -0.2) is 41.5 Å². The minimum atomic E-state index is -1.21. The number of aliphatic hydroxyl groups excluding tert-OH is 1. The van der Waals surface area contributed by atoms with Crippen LogP contribution < -0.4 is 0 Å². The Balaban J connectivity index is 2.58. The minimum absolute atomic E-state index is 0.0847. The number of phenols is 1. The van der Waals surface area contributed by atoms with Gasteiger partial charge in [0.15, 0.2) is 0 Å². The van der Waals surface area contributed by atoms with Gasteiger partial charge in [0.1, 0.15) is 36.7 Å². The number of carbonyl (C=O) groups is 2. The number of para-hydroxylation sites is 1. The molecule has 140 valence electrons. The molecule has 2 N–H and O–H groups in total. The predicted octanol–water partition coefficient (Wildman–Crippen LogP) is 2.18. The molecular weight excluding hydrogens is 338 g/mol. The maximum absolute atomic E-state index is 11.9. The van der Waals surface area contributed by atoms with Crippen LogP contribution in [0.4, 0.5) is 0 Å². The average molecular weight is 361 g/mol. The van der Waals surface area contributed by atoms with Crippen LogP contribution in [0.5, 0.6) is 5.75 Å². The first-order valence-electron chi connectivity index (χ1n) is 8.13. The highest BCUT2D eigenvalue weighted by molar-refractivity contribution is 5.98. The number of hydrogen-bond donors (Lipinski definition) is 2. The summed E-state index contributed by atoms with van der Waals surface area (Å²) in [5, 5.41) is 28.5. The number of ether oxygens (including phenoxy) is 2. The van der Waals surface area contributed by atoms with E-state index in [4.69, 9.17) is 14.7 Å². The van der Waals surface area contributed by atoms with E-state index < -0.39 is 30.1 Å². The van der Waals surface area contributed by atoms with E-state index >= 15 is 0 Å². The van der Waals surface area contributed by atoms with Crippen molar-refractivity contribution in [1.82, 2.24) is 0 Å². The van der Waals surface area contributed by atoms with Crippen molar-refractivity contribution in [2.24, 2.45) is 5.41 Å². The summed E-state index contributed by atoms with van der Waals surface area (Å²) in [4.78, 5) is 23.7. The van der Waals surface area contributed by atoms with E-state index in [0.717, 1.165) is 0 Å². The number of esters is 2. The molecule has 0 aliphatic rings. The number of aliphatic hydroxyl groups is 1. The van der Waals surface area contributed by atoms with Gasteiger partial charge in [-0.15, -0.1) is 0 Å². The fourth-order valence-electron chi connectivity index (χ4n) is 1.71. The summed E-state index contributed by atoms with van der Waals surface area (Å²) in [6.45, 7) is 4.55.